The molecule has 0 spiro atoms. The second-order valence-electron chi connectivity index (χ2n) is 3.02. The second-order valence-corrected chi connectivity index (χ2v) is 4.84. The van der Waals surface area contributed by atoms with E-state index in [0.717, 1.165) is 0 Å². The van der Waals surface area contributed by atoms with E-state index in [9.17, 15) is 13.6 Å². The van der Waals surface area contributed by atoms with Gasteiger partial charge in [0.2, 0.25) is 0 Å². The SMILES string of the molecule is CC(Cl)C(=O)c1ccc(C(F)F)cc1I. The Bertz CT molecular complexity index is 380. The Morgan fingerprint density at radius 1 is 1.47 bits per heavy atom. The Hall–Kier alpha value is -0.230. The van der Waals surface area contributed by atoms with Crippen molar-refractivity contribution < 1.29 is 13.6 Å². The lowest BCUT2D eigenvalue weighted by atomic mass is 10.1. The van der Waals surface area contributed by atoms with Crippen molar-refractivity contribution in [2.24, 2.45) is 0 Å². The van der Waals surface area contributed by atoms with Gasteiger partial charge in [0, 0.05) is 14.7 Å². The Morgan fingerprint density at radius 3 is 2.47 bits per heavy atom. The van der Waals surface area contributed by atoms with Gasteiger partial charge < -0.3 is 0 Å². The van der Waals surface area contributed by atoms with Gasteiger partial charge in [-0.25, -0.2) is 8.78 Å². The topological polar surface area (TPSA) is 17.1 Å². The zero-order chi connectivity index (χ0) is 11.6. The number of rotatable bonds is 3. The molecule has 1 atom stereocenters. The lowest BCUT2D eigenvalue weighted by Gasteiger charge is -2.07. The van der Waals surface area contributed by atoms with Crippen LogP contribution in [0, 0.1) is 3.57 Å². The van der Waals surface area contributed by atoms with Crippen LogP contribution in [-0.2, 0) is 0 Å². The molecule has 5 heteroatoms. The number of halogens is 4. The summed E-state index contributed by atoms with van der Waals surface area (Å²) in [6, 6.07) is 3.95. The first kappa shape index (κ1) is 12.8. The van der Waals surface area contributed by atoms with Gasteiger partial charge in [-0.2, -0.15) is 0 Å². The quantitative estimate of drug-likeness (QED) is 0.459. The number of hydrogen-bond donors (Lipinski definition) is 0. The van der Waals surface area contributed by atoms with Gasteiger partial charge in [0.05, 0.1) is 5.38 Å². The van der Waals surface area contributed by atoms with E-state index in [0.29, 0.717) is 9.13 Å². The standard InChI is InChI=1S/C10H8ClF2IO/c1-5(11)9(15)7-3-2-6(10(12)13)4-8(7)14/h2-5,10H,1H3. The third-order valence-corrected chi connectivity index (χ3v) is 2.96. The summed E-state index contributed by atoms with van der Waals surface area (Å²) in [5, 5.41) is -0.643. The van der Waals surface area contributed by atoms with Crippen LogP contribution in [0.5, 0.6) is 0 Å². The lowest BCUT2D eigenvalue weighted by Crippen LogP contribution is -2.12. The van der Waals surface area contributed by atoms with Gasteiger partial charge in [-0.3, -0.25) is 4.79 Å². The molecular weight excluding hydrogens is 336 g/mol. The molecular formula is C10H8ClF2IO. The first-order chi connectivity index (χ1) is 6.93. The monoisotopic (exact) mass is 344 g/mol. The zero-order valence-electron chi connectivity index (χ0n) is 7.81. The molecule has 0 amide bonds. The number of benzene rings is 1. The van der Waals surface area contributed by atoms with E-state index < -0.39 is 11.8 Å². The highest BCUT2D eigenvalue weighted by molar-refractivity contribution is 14.1. The van der Waals surface area contributed by atoms with Crippen LogP contribution in [-0.4, -0.2) is 11.2 Å². The van der Waals surface area contributed by atoms with Crippen LogP contribution in [0.25, 0.3) is 0 Å². The Morgan fingerprint density at radius 2 is 2.07 bits per heavy atom. The summed E-state index contributed by atoms with van der Waals surface area (Å²) in [4.78, 5) is 11.5. The van der Waals surface area contributed by atoms with Crippen LogP contribution in [0.15, 0.2) is 18.2 Å². The highest BCUT2D eigenvalue weighted by Crippen LogP contribution is 2.24. The van der Waals surface area contributed by atoms with Crippen LogP contribution >= 0.6 is 34.2 Å². The summed E-state index contributed by atoms with van der Waals surface area (Å²) in [7, 11) is 0. The normalized spacial score (nSPS) is 12.9. The molecule has 0 saturated heterocycles. The molecule has 0 saturated carbocycles. The highest BCUT2D eigenvalue weighted by atomic mass is 127. The van der Waals surface area contributed by atoms with E-state index in [1.54, 1.807) is 6.92 Å². The van der Waals surface area contributed by atoms with Crippen molar-refractivity contribution in [3.8, 4) is 0 Å². The molecule has 0 bridgehead atoms. The number of alkyl halides is 3. The van der Waals surface area contributed by atoms with Crippen molar-refractivity contribution in [1.82, 2.24) is 0 Å². The summed E-state index contributed by atoms with van der Waals surface area (Å²) in [5.41, 5.74) is 0.306. The lowest BCUT2D eigenvalue weighted by molar-refractivity contribution is 0.0990. The maximum absolute atomic E-state index is 12.3. The van der Waals surface area contributed by atoms with E-state index in [-0.39, 0.29) is 11.3 Å². The van der Waals surface area contributed by atoms with Crippen molar-refractivity contribution in [3.05, 3.63) is 32.9 Å². The molecule has 0 aromatic heterocycles. The maximum atomic E-state index is 12.3. The minimum Gasteiger partial charge on any atom is -0.292 e. The first-order valence-corrected chi connectivity index (χ1v) is 5.71. The molecule has 1 aromatic rings. The van der Waals surface area contributed by atoms with Crippen molar-refractivity contribution in [1.29, 1.82) is 0 Å². The predicted octanol–water partition coefficient (Wildman–Crippen LogP) is 4.04. The number of carbonyl (C=O) groups excluding carboxylic acids is 1. The average Bonchev–Trinajstić information content (AvgIpc) is 2.16. The van der Waals surface area contributed by atoms with Gasteiger partial charge in [-0.05, 0) is 41.6 Å². The maximum Gasteiger partial charge on any atom is 0.263 e. The molecule has 0 N–H and O–H groups in total. The van der Waals surface area contributed by atoms with Gasteiger partial charge in [0.1, 0.15) is 0 Å². The van der Waals surface area contributed by atoms with E-state index in [4.69, 9.17) is 11.6 Å². The van der Waals surface area contributed by atoms with Crippen LogP contribution in [0.4, 0.5) is 8.78 Å². The van der Waals surface area contributed by atoms with E-state index in [1.165, 1.54) is 18.2 Å². The number of carbonyl (C=O) groups is 1. The van der Waals surface area contributed by atoms with Gasteiger partial charge >= 0.3 is 0 Å². The highest BCUT2D eigenvalue weighted by Gasteiger charge is 2.17. The van der Waals surface area contributed by atoms with Gasteiger partial charge in [0.15, 0.2) is 5.78 Å². The fourth-order valence-electron chi connectivity index (χ4n) is 1.08. The molecule has 0 aliphatic heterocycles. The number of Topliss-reactive ketones (excluding diaryl/α,β-unsaturated/α-hetero) is 1. The molecule has 1 nitrogen and oxygen atoms in total. The summed E-state index contributed by atoms with van der Waals surface area (Å²) in [5.74, 6) is -0.248. The minimum atomic E-state index is -2.52. The van der Waals surface area contributed by atoms with Crippen molar-refractivity contribution >= 4 is 40.0 Å². The molecule has 0 heterocycles. The second kappa shape index (κ2) is 5.21. The van der Waals surface area contributed by atoms with Gasteiger partial charge in [-0.1, -0.05) is 6.07 Å². The third kappa shape index (κ3) is 3.11. The van der Waals surface area contributed by atoms with Crippen molar-refractivity contribution in [2.45, 2.75) is 18.7 Å². The van der Waals surface area contributed by atoms with E-state index in [1.807, 2.05) is 22.6 Å². The molecule has 1 aromatic carbocycles. The molecule has 0 aliphatic carbocycles. The van der Waals surface area contributed by atoms with E-state index in [2.05, 4.69) is 0 Å². The van der Waals surface area contributed by atoms with Crippen molar-refractivity contribution in [3.63, 3.8) is 0 Å². The molecule has 1 unspecified atom stereocenters. The Balaban J connectivity index is 3.08. The minimum absolute atomic E-state index is 0.0850. The number of hydrogen-bond acceptors (Lipinski definition) is 1. The summed E-state index contributed by atoms with van der Waals surface area (Å²) in [6.45, 7) is 1.56. The Kier molecular flexibility index (Phi) is 4.45. The molecule has 15 heavy (non-hydrogen) atoms. The molecule has 1 rings (SSSR count). The van der Waals surface area contributed by atoms with E-state index >= 15 is 0 Å². The smallest absolute Gasteiger partial charge is 0.263 e. The number of ketones is 1. The third-order valence-electron chi connectivity index (χ3n) is 1.87. The molecule has 0 radical (unpaired) electrons. The van der Waals surface area contributed by atoms with Crippen LogP contribution < -0.4 is 0 Å². The average molecular weight is 345 g/mol. The largest absolute Gasteiger partial charge is 0.292 e. The predicted molar refractivity (Wildman–Crippen MR) is 63.8 cm³/mol. The summed E-state index contributed by atoms with van der Waals surface area (Å²) < 4.78 is 25.2. The van der Waals surface area contributed by atoms with Crippen LogP contribution in [0.3, 0.4) is 0 Å². The summed E-state index contributed by atoms with van der Waals surface area (Å²) in [6.07, 6.45) is -2.52. The zero-order valence-corrected chi connectivity index (χ0v) is 10.7. The fraction of sp³-hybridized carbons (Fsp3) is 0.300. The first-order valence-electron chi connectivity index (χ1n) is 4.19. The molecule has 82 valence electrons. The Labute approximate surface area is 105 Å². The van der Waals surface area contributed by atoms with Gasteiger partial charge in [0.25, 0.3) is 6.43 Å². The van der Waals surface area contributed by atoms with Gasteiger partial charge in [-0.15, -0.1) is 11.6 Å². The van der Waals surface area contributed by atoms with Crippen LogP contribution in [0.2, 0.25) is 0 Å². The fourth-order valence-corrected chi connectivity index (χ4v) is 2.00. The molecule has 0 fully saturated rings. The van der Waals surface area contributed by atoms with Crippen molar-refractivity contribution in [2.75, 3.05) is 0 Å². The molecule has 0 aliphatic rings. The summed E-state index contributed by atoms with van der Waals surface area (Å²) >= 11 is 7.49. The van der Waals surface area contributed by atoms with Crippen LogP contribution in [0.1, 0.15) is 29.3 Å².